The number of benzene rings is 1. The Hall–Kier alpha value is -0.590. The van der Waals surface area contributed by atoms with E-state index in [1.807, 2.05) is 6.92 Å². The van der Waals surface area contributed by atoms with Crippen molar-refractivity contribution in [1.82, 2.24) is 4.72 Å². The van der Waals surface area contributed by atoms with Crippen molar-refractivity contribution in [2.45, 2.75) is 43.5 Å². The molecule has 4 atom stereocenters. The van der Waals surface area contributed by atoms with Gasteiger partial charge in [0.1, 0.15) is 10.6 Å². The number of hydrogen-bond acceptors (Lipinski definition) is 3. The fourth-order valence-electron chi connectivity index (χ4n) is 4.16. The van der Waals surface area contributed by atoms with Gasteiger partial charge in [0.15, 0.2) is 0 Å². The third-order valence-corrected chi connectivity index (χ3v) is 7.26. The average Bonchev–Trinajstić information content (AvgIpc) is 3.09. The number of fused-ring (bicyclic) bond motifs is 2. The Morgan fingerprint density at radius 1 is 1.32 bits per heavy atom. The fourth-order valence-corrected chi connectivity index (χ4v) is 6.16. The smallest absolute Gasteiger partial charge is 0.244 e. The van der Waals surface area contributed by atoms with Gasteiger partial charge in [-0.1, -0.05) is 22.4 Å². The molecule has 0 aliphatic heterocycles. The van der Waals surface area contributed by atoms with Gasteiger partial charge in [0.05, 0.1) is 7.11 Å². The lowest BCUT2D eigenvalue weighted by Gasteiger charge is -2.28. The molecule has 6 heteroatoms. The molecule has 4 unspecified atom stereocenters. The molecule has 2 bridgehead atoms. The van der Waals surface area contributed by atoms with Crippen LogP contribution >= 0.6 is 15.9 Å². The number of methoxy groups -OCH3 is 1. The zero-order chi connectivity index (χ0) is 15.9. The van der Waals surface area contributed by atoms with Crippen molar-refractivity contribution >= 4 is 26.0 Å². The Morgan fingerprint density at radius 3 is 2.68 bits per heavy atom. The van der Waals surface area contributed by atoms with Crippen molar-refractivity contribution in [3.8, 4) is 5.75 Å². The molecule has 0 spiro atoms. The highest BCUT2D eigenvalue weighted by Crippen LogP contribution is 2.49. The summed E-state index contributed by atoms with van der Waals surface area (Å²) in [5.41, 5.74) is 0. The van der Waals surface area contributed by atoms with Crippen LogP contribution < -0.4 is 9.46 Å². The van der Waals surface area contributed by atoms with Gasteiger partial charge in [-0.2, -0.15) is 0 Å². The van der Waals surface area contributed by atoms with Gasteiger partial charge in [-0.15, -0.1) is 0 Å². The van der Waals surface area contributed by atoms with Crippen molar-refractivity contribution in [2.24, 2.45) is 17.8 Å². The van der Waals surface area contributed by atoms with Crippen LogP contribution in [0.5, 0.6) is 5.75 Å². The van der Waals surface area contributed by atoms with Gasteiger partial charge < -0.3 is 4.74 Å². The third-order valence-electron chi connectivity index (χ3n) is 5.19. The minimum Gasteiger partial charge on any atom is -0.495 e. The number of sulfonamides is 1. The van der Waals surface area contributed by atoms with Crippen molar-refractivity contribution < 1.29 is 13.2 Å². The minimum absolute atomic E-state index is 0.0380. The first-order valence-corrected chi connectivity index (χ1v) is 10.0. The van der Waals surface area contributed by atoms with Gasteiger partial charge in [0.25, 0.3) is 0 Å². The maximum atomic E-state index is 12.7. The van der Waals surface area contributed by atoms with Crippen molar-refractivity contribution in [3.63, 3.8) is 0 Å². The van der Waals surface area contributed by atoms with Crippen molar-refractivity contribution in [3.05, 3.63) is 22.7 Å². The summed E-state index contributed by atoms with van der Waals surface area (Å²) < 4.78 is 34.3. The minimum atomic E-state index is -3.58. The quantitative estimate of drug-likeness (QED) is 0.839. The van der Waals surface area contributed by atoms with Crippen LogP contribution in [0.15, 0.2) is 27.6 Å². The van der Waals surface area contributed by atoms with Crippen LogP contribution in [0, 0.1) is 17.8 Å². The fraction of sp³-hybridized carbons (Fsp3) is 0.625. The summed E-state index contributed by atoms with van der Waals surface area (Å²) in [6.07, 6.45) is 5.00. The number of hydrogen-bond donors (Lipinski definition) is 1. The van der Waals surface area contributed by atoms with E-state index in [-0.39, 0.29) is 10.9 Å². The molecule has 2 saturated carbocycles. The normalized spacial score (nSPS) is 28.8. The molecule has 0 saturated heterocycles. The molecule has 1 N–H and O–H groups in total. The summed E-state index contributed by atoms with van der Waals surface area (Å²) in [5, 5.41) is 0. The molecule has 0 aromatic heterocycles. The van der Waals surface area contributed by atoms with E-state index in [1.54, 1.807) is 18.2 Å². The molecule has 0 heterocycles. The van der Waals surface area contributed by atoms with Crippen molar-refractivity contribution in [1.29, 1.82) is 0 Å². The standard InChI is InChI=1S/C16H22BrNO3S/c1-10(14-8-11-3-4-12(14)7-11)18-22(19,20)16-9-13(17)5-6-15(16)21-2/h5-6,9-12,14,18H,3-4,7-8H2,1-2H3. The largest absolute Gasteiger partial charge is 0.495 e. The van der Waals surface area contributed by atoms with E-state index in [1.165, 1.54) is 26.4 Å². The zero-order valence-corrected chi connectivity index (χ0v) is 15.3. The monoisotopic (exact) mass is 387 g/mol. The molecular weight excluding hydrogens is 366 g/mol. The Balaban J connectivity index is 1.80. The SMILES string of the molecule is COc1ccc(Br)cc1S(=O)(=O)NC(C)C1CC2CCC1C2. The average molecular weight is 388 g/mol. The van der Waals surface area contributed by atoms with E-state index < -0.39 is 10.0 Å². The van der Waals surface area contributed by atoms with Crippen LogP contribution in [-0.4, -0.2) is 21.6 Å². The Morgan fingerprint density at radius 2 is 2.09 bits per heavy atom. The van der Waals surface area contributed by atoms with E-state index in [0.29, 0.717) is 17.6 Å². The number of halogens is 1. The van der Waals surface area contributed by atoms with Crippen LogP contribution in [-0.2, 0) is 10.0 Å². The Labute approximate surface area is 140 Å². The highest BCUT2D eigenvalue weighted by Gasteiger charge is 2.42. The zero-order valence-electron chi connectivity index (χ0n) is 12.9. The second kappa shape index (κ2) is 6.13. The molecule has 22 heavy (non-hydrogen) atoms. The molecule has 4 nitrogen and oxygen atoms in total. The summed E-state index contributed by atoms with van der Waals surface area (Å²) in [5.74, 6) is 2.33. The maximum Gasteiger partial charge on any atom is 0.244 e. The van der Waals surface area contributed by atoms with Crippen LogP contribution in [0.4, 0.5) is 0 Å². The maximum absolute atomic E-state index is 12.7. The second-order valence-corrected chi connectivity index (χ2v) is 9.14. The Bertz CT molecular complexity index is 661. The van der Waals surface area contributed by atoms with E-state index in [2.05, 4.69) is 20.7 Å². The molecular formula is C16H22BrNO3S. The summed E-state index contributed by atoms with van der Waals surface area (Å²) in [4.78, 5) is 0.194. The first-order valence-electron chi connectivity index (χ1n) is 7.76. The molecule has 0 amide bonds. The first-order chi connectivity index (χ1) is 10.4. The van der Waals surface area contributed by atoms with Gasteiger partial charge >= 0.3 is 0 Å². The summed E-state index contributed by atoms with van der Waals surface area (Å²) in [6.45, 7) is 1.99. The molecule has 2 aliphatic rings. The van der Waals surface area contributed by atoms with Crippen LogP contribution in [0.3, 0.4) is 0 Å². The van der Waals surface area contributed by atoms with Gasteiger partial charge in [-0.25, -0.2) is 13.1 Å². The molecule has 1 aromatic rings. The third kappa shape index (κ3) is 3.05. The van der Waals surface area contributed by atoms with E-state index in [4.69, 9.17) is 4.74 Å². The highest BCUT2D eigenvalue weighted by atomic mass is 79.9. The predicted octanol–water partition coefficient (Wildman–Crippen LogP) is 3.56. The molecule has 2 aliphatic carbocycles. The summed E-state index contributed by atoms with van der Waals surface area (Å²) in [6, 6.07) is 5.00. The lowest BCUT2D eigenvalue weighted by atomic mass is 9.84. The van der Waals surface area contributed by atoms with Crippen molar-refractivity contribution in [2.75, 3.05) is 7.11 Å². The summed E-state index contributed by atoms with van der Waals surface area (Å²) in [7, 11) is -2.10. The van der Waals surface area contributed by atoms with Gasteiger partial charge in [-0.3, -0.25) is 0 Å². The van der Waals surface area contributed by atoms with Gasteiger partial charge in [0.2, 0.25) is 10.0 Å². The Kier molecular flexibility index (Phi) is 4.54. The topological polar surface area (TPSA) is 55.4 Å². The molecule has 3 rings (SSSR count). The second-order valence-electron chi connectivity index (χ2n) is 6.54. The van der Waals surface area contributed by atoms with Gasteiger partial charge in [0, 0.05) is 10.5 Å². The molecule has 122 valence electrons. The number of ether oxygens (including phenoxy) is 1. The van der Waals surface area contributed by atoms with E-state index in [0.717, 1.165) is 16.8 Å². The van der Waals surface area contributed by atoms with Crippen LogP contribution in [0.2, 0.25) is 0 Å². The molecule has 1 aromatic carbocycles. The number of rotatable bonds is 5. The number of nitrogens with one attached hydrogen (secondary N) is 1. The van der Waals surface area contributed by atoms with Crippen LogP contribution in [0.1, 0.15) is 32.6 Å². The molecule has 0 radical (unpaired) electrons. The predicted molar refractivity (Wildman–Crippen MR) is 89.4 cm³/mol. The highest BCUT2D eigenvalue weighted by molar-refractivity contribution is 9.10. The lowest BCUT2D eigenvalue weighted by molar-refractivity contribution is 0.280. The van der Waals surface area contributed by atoms with E-state index >= 15 is 0 Å². The summed E-state index contributed by atoms with van der Waals surface area (Å²) >= 11 is 3.33. The van der Waals surface area contributed by atoms with E-state index in [9.17, 15) is 8.42 Å². The van der Waals surface area contributed by atoms with Gasteiger partial charge in [-0.05, 0) is 62.1 Å². The first kappa shape index (κ1) is 16.3. The molecule has 2 fully saturated rings. The lowest BCUT2D eigenvalue weighted by Crippen LogP contribution is -2.40. The van der Waals surface area contributed by atoms with Crippen LogP contribution in [0.25, 0.3) is 0 Å².